The molecule has 1 atom stereocenters. The lowest BCUT2D eigenvalue weighted by molar-refractivity contribution is 0.192. The minimum atomic E-state index is -0.0600. The summed E-state index contributed by atoms with van der Waals surface area (Å²) < 4.78 is 4.82. The van der Waals surface area contributed by atoms with Gasteiger partial charge in [0, 0.05) is 25.1 Å². The zero-order valence-corrected chi connectivity index (χ0v) is 6.41. The van der Waals surface area contributed by atoms with Crippen LogP contribution in [0.1, 0.15) is 12.8 Å². The van der Waals surface area contributed by atoms with E-state index in [2.05, 4.69) is 17.6 Å². The number of methoxy groups -OCH3 is 1. The van der Waals surface area contributed by atoms with Crippen molar-refractivity contribution in [3.8, 4) is 0 Å². The van der Waals surface area contributed by atoms with Crippen molar-refractivity contribution in [1.29, 1.82) is 0 Å². The van der Waals surface area contributed by atoms with Crippen LogP contribution in [0.4, 0.5) is 0 Å². The van der Waals surface area contributed by atoms with Gasteiger partial charge in [-0.2, -0.15) is 0 Å². The van der Waals surface area contributed by atoms with Gasteiger partial charge in [0.25, 0.3) is 0 Å². The van der Waals surface area contributed by atoms with Crippen LogP contribution in [0.3, 0.4) is 0 Å². The summed E-state index contributed by atoms with van der Waals surface area (Å²) in [5.74, 6) is 0. The van der Waals surface area contributed by atoms with Crippen molar-refractivity contribution >= 4 is 17.6 Å². The molecular weight excluding hydrogens is 134 g/mol. The minimum Gasteiger partial charge on any atom is -0.385 e. The summed E-state index contributed by atoms with van der Waals surface area (Å²) in [7, 11) is 1.67. The fourth-order valence-corrected chi connectivity index (χ4v) is 0.624. The molecule has 0 rings (SSSR count). The van der Waals surface area contributed by atoms with Gasteiger partial charge in [0.1, 0.15) is 0 Å². The summed E-state index contributed by atoms with van der Waals surface area (Å²) >= 11 is 4.51. The first-order valence-electron chi connectivity index (χ1n) is 2.93. The molecule has 0 fully saturated rings. The zero-order chi connectivity index (χ0) is 7.11. The SMILES string of the molecule is COCCCC(N)[C]=S. The molecule has 2 N–H and O–H groups in total. The van der Waals surface area contributed by atoms with Crippen LogP contribution in [-0.4, -0.2) is 25.1 Å². The number of hydrogen-bond acceptors (Lipinski definition) is 3. The highest BCUT2D eigenvalue weighted by Crippen LogP contribution is 1.91. The molecule has 0 saturated carbocycles. The summed E-state index contributed by atoms with van der Waals surface area (Å²) in [4.78, 5) is 0. The van der Waals surface area contributed by atoms with Gasteiger partial charge in [-0.05, 0) is 12.8 Å². The van der Waals surface area contributed by atoms with E-state index >= 15 is 0 Å². The highest BCUT2D eigenvalue weighted by Gasteiger charge is 1.95. The number of thiocarbonyl (C=S) groups is 1. The molecule has 0 bridgehead atoms. The van der Waals surface area contributed by atoms with E-state index in [1.165, 1.54) is 0 Å². The maximum atomic E-state index is 5.44. The second-order valence-corrected chi connectivity index (χ2v) is 2.10. The third kappa shape index (κ3) is 5.89. The molecular formula is C6H12NOS. The third-order valence-electron chi connectivity index (χ3n) is 1.01. The van der Waals surface area contributed by atoms with Crippen molar-refractivity contribution in [1.82, 2.24) is 0 Å². The molecule has 0 spiro atoms. The van der Waals surface area contributed by atoms with Crippen LogP contribution >= 0.6 is 12.2 Å². The highest BCUT2D eigenvalue weighted by molar-refractivity contribution is 7.79. The minimum absolute atomic E-state index is 0.0600. The van der Waals surface area contributed by atoms with Crippen molar-refractivity contribution in [3.63, 3.8) is 0 Å². The Kier molecular flexibility index (Phi) is 6.14. The molecule has 3 heteroatoms. The summed E-state index contributed by atoms with van der Waals surface area (Å²) in [6, 6.07) is -0.0600. The van der Waals surface area contributed by atoms with E-state index in [1.807, 2.05) is 0 Å². The molecule has 9 heavy (non-hydrogen) atoms. The van der Waals surface area contributed by atoms with Gasteiger partial charge in [-0.3, -0.25) is 0 Å². The maximum absolute atomic E-state index is 5.44. The van der Waals surface area contributed by atoms with Gasteiger partial charge in [0.05, 0.1) is 0 Å². The largest absolute Gasteiger partial charge is 0.385 e. The number of rotatable bonds is 5. The van der Waals surface area contributed by atoms with Gasteiger partial charge in [0.15, 0.2) is 0 Å². The van der Waals surface area contributed by atoms with Gasteiger partial charge in [-0.25, -0.2) is 0 Å². The lowest BCUT2D eigenvalue weighted by Gasteiger charge is -2.01. The molecule has 0 aromatic rings. The Morgan fingerprint density at radius 1 is 1.78 bits per heavy atom. The van der Waals surface area contributed by atoms with E-state index in [1.54, 1.807) is 7.11 Å². The fraction of sp³-hybridized carbons (Fsp3) is 0.833. The Labute approximate surface area is 61.4 Å². The quantitative estimate of drug-likeness (QED) is 0.456. The molecule has 0 amide bonds. The van der Waals surface area contributed by atoms with Crippen molar-refractivity contribution < 1.29 is 4.74 Å². The monoisotopic (exact) mass is 146 g/mol. The normalized spacial score (nSPS) is 13.1. The molecule has 0 aliphatic rings. The Hall–Kier alpha value is 0.01000. The van der Waals surface area contributed by atoms with Crippen molar-refractivity contribution in [3.05, 3.63) is 0 Å². The number of hydrogen-bond donors (Lipinski definition) is 1. The first-order valence-corrected chi connectivity index (χ1v) is 3.34. The lowest BCUT2D eigenvalue weighted by Crippen LogP contribution is -2.20. The van der Waals surface area contributed by atoms with Gasteiger partial charge in [-0.1, -0.05) is 12.2 Å². The van der Waals surface area contributed by atoms with Crippen LogP contribution in [-0.2, 0) is 4.74 Å². The second kappa shape index (κ2) is 6.13. The average Bonchev–Trinajstić information content (AvgIpc) is 1.89. The van der Waals surface area contributed by atoms with Crippen molar-refractivity contribution in [2.75, 3.05) is 13.7 Å². The Morgan fingerprint density at radius 3 is 2.89 bits per heavy atom. The van der Waals surface area contributed by atoms with E-state index in [0.29, 0.717) is 0 Å². The highest BCUT2D eigenvalue weighted by atomic mass is 32.1. The van der Waals surface area contributed by atoms with E-state index < -0.39 is 0 Å². The molecule has 0 aromatic carbocycles. The standard InChI is InChI=1S/C6H12NOS/c1-8-4-2-3-6(7)5-9/h6H,2-4,7H2,1H3. The van der Waals surface area contributed by atoms with Gasteiger partial charge in [0.2, 0.25) is 0 Å². The zero-order valence-electron chi connectivity index (χ0n) is 5.59. The Bertz CT molecular complexity index is 77.5. The number of ether oxygens (including phenoxy) is 1. The molecule has 0 saturated heterocycles. The summed E-state index contributed by atoms with van der Waals surface area (Å²) in [5, 5.41) is 2.53. The summed E-state index contributed by atoms with van der Waals surface area (Å²) in [6.45, 7) is 0.755. The van der Waals surface area contributed by atoms with Crippen LogP contribution in [0.5, 0.6) is 0 Å². The van der Waals surface area contributed by atoms with Crippen LogP contribution in [0.2, 0.25) is 0 Å². The molecule has 0 heterocycles. The van der Waals surface area contributed by atoms with Gasteiger partial charge in [-0.15, -0.1) is 0 Å². The predicted molar refractivity (Wildman–Crippen MR) is 41.7 cm³/mol. The Balaban J connectivity index is 2.96. The lowest BCUT2D eigenvalue weighted by atomic mass is 10.2. The molecule has 0 aliphatic heterocycles. The predicted octanol–water partition coefficient (Wildman–Crippen LogP) is 0.617. The topological polar surface area (TPSA) is 35.2 Å². The first kappa shape index (κ1) is 9.01. The molecule has 1 radical (unpaired) electrons. The van der Waals surface area contributed by atoms with E-state index in [-0.39, 0.29) is 6.04 Å². The van der Waals surface area contributed by atoms with Gasteiger partial charge >= 0.3 is 0 Å². The number of nitrogens with two attached hydrogens (primary N) is 1. The molecule has 53 valence electrons. The smallest absolute Gasteiger partial charge is 0.0475 e. The Morgan fingerprint density at radius 2 is 2.44 bits per heavy atom. The summed E-state index contributed by atoms with van der Waals surface area (Å²) in [6.07, 6.45) is 1.83. The van der Waals surface area contributed by atoms with Crippen LogP contribution < -0.4 is 5.73 Å². The van der Waals surface area contributed by atoms with Crippen LogP contribution in [0.25, 0.3) is 0 Å². The second-order valence-electron chi connectivity index (χ2n) is 1.86. The van der Waals surface area contributed by atoms with Crippen LogP contribution in [0.15, 0.2) is 0 Å². The average molecular weight is 146 g/mol. The fourth-order valence-electron chi connectivity index (χ4n) is 0.507. The van der Waals surface area contributed by atoms with Crippen LogP contribution in [0, 0.1) is 0 Å². The van der Waals surface area contributed by atoms with Crippen molar-refractivity contribution in [2.24, 2.45) is 5.73 Å². The molecule has 0 aliphatic carbocycles. The summed E-state index contributed by atoms with van der Waals surface area (Å²) in [5.41, 5.74) is 5.44. The van der Waals surface area contributed by atoms with E-state index in [0.717, 1.165) is 19.4 Å². The first-order chi connectivity index (χ1) is 4.31. The third-order valence-corrected chi connectivity index (χ3v) is 1.32. The molecule has 2 nitrogen and oxygen atoms in total. The van der Waals surface area contributed by atoms with E-state index in [9.17, 15) is 0 Å². The molecule has 1 unspecified atom stereocenters. The van der Waals surface area contributed by atoms with Crippen molar-refractivity contribution in [2.45, 2.75) is 18.9 Å². The molecule has 0 aromatic heterocycles. The van der Waals surface area contributed by atoms with E-state index in [4.69, 9.17) is 10.5 Å². The van der Waals surface area contributed by atoms with Gasteiger partial charge < -0.3 is 10.5 Å². The maximum Gasteiger partial charge on any atom is 0.0475 e.